The fourth-order valence-corrected chi connectivity index (χ4v) is 3.02. The molecule has 0 radical (unpaired) electrons. The van der Waals surface area contributed by atoms with Crippen molar-refractivity contribution in [1.82, 2.24) is 10.0 Å². The summed E-state index contributed by atoms with van der Waals surface area (Å²) >= 11 is 0. The molecule has 2 aliphatic heterocycles. The van der Waals surface area contributed by atoms with Crippen LogP contribution in [-0.2, 0) is 4.79 Å². The number of amides is 2. The summed E-state index contributed by atoms with van der Waals surface area (Å²) < 4.78 is 0. The van der Waals surface area contributed by atoms with Crippen molar-refractivity contribution >= 4 is 18.1 Å². The second kappa shape index (κ2) is 4.61. The standard InChI is InChI=1S/C17H12N2O3/c20-10-14-15(11-6-2-1-3-7-11)18(14)19-16(21)12-8-4-5-9-13(12)17(19)22/h1-10,14-15H/t14-,15-,18?/m0/s1. The van der Waals surface area contributed by atoms with Crippen LogP contribution < -0.4 is 0 Å². The normalized spacial score (nSPS) is 26.0. The molecule has 0 N–H and O–H groups in total. The van der Waals surface area contributed by atoms with E-state index in [9.17, 15) is 14.4 Å². The number of fused-ring (bicyclic) bond motifs is 1. The Labute approximate surface area is 126 Å². The number of imide groups is 1. The van der Waals surface area contributed by atoms with Crippen LogP contribution in [0.25, 0.3) is 0 Å². The fourth-order valence-electron chi connectivity index (χ4n) is 3.02. The van der Waals surface area contributed by atoms with Crippen LogP contribution in [0.3, 0.4) is 0 Å². The molecule has 1 fully saturated rings. The summed E-state index contributed by atoms with van der Waals surface area (Å²) in [5.41, 5.74) is 1.68. The minimum absolute atomic E-state index is 0.263. The SMILES string of the molecule is O=C[C@H]1[C@H](c2ccccc2)N1N1C(=O)c2ccccc2C1=O. The monoisotopic (exact) mass is 292 g/mol. The first-order chi connectivity index (χ1) is 10.7. The molecule has 22 heavy (non-hydrogen) atoms. The van der Waals surface area contributed by atoms with Crippen molar-refractivity contribution in [1.29, 1.82) is 0 Å². The lowest BCUT2D eigenvalue weighted by molar-refractivity contribution is -0.108. The van der Waals surface area contributed by atoms with Crippen LogP contribution in [0, 0.1) is 0 Å². The van der Waals surface area contributed by atoms with Crippen molar-refractivity contribution < 1.29 is 14.4 Å². The molecule has 108 valence electrons. The lowest BCUT2D eigenvalue weighted by Gasteiger charge is -2.15. The first kappa shape index (κ1) is 12.9. The van der Waals surface area contributed by atoms with Crippen molar-refractivity contribution in [3.05, 3.63) is 71.3 Å². The molecule has 2 aromatic rings. The zero-order chi connectivity index (χ0) is 15.3. The number of hydrogen-bond acceptors (Lipinski definition) is 4. The Morgan fingerprint density at radius 3 is 1.91 bits per heavy atom. The molecule has 0 aromatic heterocycles. The molecule has 5 nitrogen and oxygen atoms in total. The second-order valence-electron chi connectivity index (χ2n) is 5.33. The maximum Gasteiger partial charge on any atom is 0.276 e. The molecule has 1 saturated heterocycles. The molecule has 2 aromatic carbocycles. The van der Waals surface area contributed by atoms with Gasteiger partial charge in [0.05, 0.1) is 17.2 Å². The van der Waals surface area contributed by atoms with Gasteiger partial charge in [0, 0.05) is 0 Å². The molecule has 2 aliphatic rings. The number of carbonyl (C=O) groups excluding carboxylic acids is 3. The minimum Gasteiger partial charge on any atom is -0.301 e. The van der Waals surface area contributed by atoms with Crippen LogP contribution in [-0.4, -0.2) is 34.2 Å². The van der Waals surface area contributed by atoms with Gasteiger partial charge in [-0.05, 0) is 17.7 Å². The quantitative estimate of drug-likeness (QED) is 0.492. The highest BCUT2D eigenvalue weighted by molar-refractivity contribution is 6.21. The van der Waals surface area contributed by atoms with E-state index in [1.807, 2.05) is 30.3 Å². The van der Waals surface area contributed by atoms with E-state index < -0.39 is 6.04 Å². The van der Waals surface area contributed by atoms with E-state index in [0.717, 1.165) is 16.9 Å². The van der Waals surface area contributed by atoms with Crippen LogP contribution in [0.1, 0.15) is 32.3 Å². The van der Waals surface area contributed by atoms with Crippen LogP contribution in [0.5, 0.6) is 0 Å². The van der Waals surface area contributed by atoms with E-state index in [-0.39, 0.29) is 17.9 Å². The predicted octanol–water partition coefficient (Wildman–Crippen LogP) is 1.82. The molecule has 1 unspecified atom stereocenters. The highest BCUT2D eigenvalue weighted by atomic mass is 16.2. The summed E-state index contributed by atoms with van der Waals surface area (Å²) in [6.07, 6.45) is 0.779. The maximum atomic E-state index is 12.5. The van der Waals surface area contributed by atoms with E-state index in [4.69, 9.17) is 0 Å². The Morgan fingerprint density at radius 1 is 0.818 bits per heavy atom. The number of rotatable bonds is 3. The van der Waals surface area contributed by atoms with Gasteiger partial charge in [-0.2, -0.15) is 5.01 Å². The summed E-state index contributed by atoms with van der Waals surface area (Å²) in [5.74, 6) is -0.739. The van der Waals surface area contributed by atoms with Gasteiger partial charge in [-0.1, -0.05) is 42.5 Å². The smallest absolute Gasteiger partial charge is 0.276 e. The third kappa shape index (κ3) is 1.66. The summed E-state index contributed by atoms with van der Waals surface area (Å²) in [6.45, 7) is 0. The summed E-state index contributed by atoms with van der Waals surface area (Å²) in [4.78, 5) is 36.3. The number of carbonyl (C=O) groups is 3. The molecule has 2 heterocycles. The summed E-state index contributed by atoms with van der Waals surface area (Å²) in [7, 11) is 0. The van der Waals surface area contributed by atoms with Gasteiger partial charge in [0.1, 0.15) is 12.3 Å². The molecule has 2 amide bonds. The van der Waals surface area contributed by atoms with Crippen molar-refractivity contribution in [2.45, 2.75) is 12.1 Å². The average molecular weight is 292 g/mol. The van der Waals surface area contributed by atoms with E-state index >= 15 is 0 Å². The Hall–Kier alpha value is -2.79. The zero-order valence-corrected chi connectivity index (χ0v) is 11.5. The van der Waals surface area contributed by atoms with E-state index in [1.54, 1.807) is 29.3 Å². The van der Waals surface area contributed by atoms with Crippen molar-refractivity contribution in [3.8, 4) is 0 Å². The highest BCUT2D eigenvalue weighted by Crippen LogP contribution is 2.45. The molecule has 0 saturated carbocycles. The number of nitrogens with zero attached hydrogens (tertiary/aromatic N) is 2. The number of aldehydes is 1. The van der Waals surface area contributed by atoms with Gasteiger partial charge in [0.15, 0.2) is 0 Å². The van der Waals surface area contributed by atoms with Gasteiger partial charge in [0.2, 0.25) is 0 Å². The van der Waals surface area contributed by atoms with Crippen LogP contribution in [0.4, 0.5) is 0 Å². The van der Waals surface area contributed by atoms with E-state index in [2.05, 4.69) is 0 Å². The molecule has 5 heteroatoms. The Morgan fingerprint density at radius 2 is 1.36 bits per heavy atom. The summed E-state index contributed by atoms with van der Waals surface area (Å²) in [6, 6.07) is 15.4. The average Bonchev–Trinajstić information content (AvgIpc) is 3.23. The van der Waals surface area contributed by atoms with Crippen molar-refractivity contribution in [2.75, 3.05) is 0 Å². The third-order valence-electron chi connectivity index (χ3n) is 4.11. The van der Waals surface area contributed by atoms with Gasteiger partial charge in [-0.3, -0.25) is 9.59 Å². The third-order valence-corrected chi connectivity index (χ3v) is 4.11. The largest absolute Gasteiger partial charge is 0.301 e. The summed E-state index contributed by atoms with van der Waals surface area (Å²) in [5, 5.41) is 2.65. The minimum atomic E-state index is -0.482. The predicted molar refractivity (Wildman–Crippen MR) is 77.8 cm³/mol. The molecule has 0 spiro atoms. The Balaban J connectivity index is 1.70. The Kier molecular flexibility index (Phi) is 2.71. The fraction of sp³-hybridized carbons (Fsp3) is 0.118. The second-order valence-corrected chi connectivity index (χ2v) is 5.33. The van der Waals surface area contributed by atoms with Gasteiger partial charge in [-0.25, -0.2) is 5.01 Å². The van der Waals surface area contributed by atoms with Gasteiger partial charge < -0.3 is 4.79 Å². The molecule has 3 atom stereocenters. The highest BCUT2D eigenvalue weighted by Gasteiger charge is 2.57. The van der Waals surface area contributed by atoms with Crippen LogP contribution in [0.2, 0.25) is 0 Å². The number of benzene rings is 2. The zero-order valence-electron chi connectivity index (χ0n) is 11.5. The number of hydrogen-bond donors (Lipinski definition) is 0. The first-order valence-corrected chi connectivity index (χ1v) is 7.00. The molecular formula is C17H12N2O3. The Bertz CT molecular complexity index is 753. The van der Waals surface area contributed by atoms with Crippen molar-refractivity contribution in [2.24, 2.45) is 0 Å². The van der Waals surface area contributed by atoms with Crippen LogP contribution >= 0.6 is 0 Å². The number of hydrazine groups is 1. The van der Waals surface area contributed by atoms with Gasteiger partial charge >= 0.3 is 0 Å². The van der Waals surface area contributed by atoms with E-state index in [1.165, 1.54) is 0 Å². The van der Waals surface area contributed by atoms with Gasteiger partial charge in [-0.15, -0.1) is 0 Å². The molecule has 0 bridgehead atoms. The van der Waals surface area contributed by atoms with Gasteiger partial charge in [0.25, 0.3) is 11.8 Å². The molecule has 4 rings (SSSR count). The first-order valence-electron chi connectivity index (χ1n) is 7.00. The van der Waals surface area contributed by atoms with E-state index in [0.29, 0.717) is 11.1 Å². The lowest BCUT2D eigenvalue weighted by Crippen LogP contribution is -2.36. The molecule has 0 aliphatic carbocycles. The topological polar surface area (TPSA) is 57.5 Å². The van der Waals surface area contributed by atoms with Crippen LogP contribution in [0.15, 0.2) is 54.6 Å². The maximum absolute atomic E-state index is 12.5. The van der Waals surface area contributed by atoms with Crippen molar-refractivity contribution in [3.63, 3.8) is 0 Å². The lowest BCUT2D eigenvalue weighted by atomic mass is 10.1. The molecular weight excluding hydrogens is 280 g/mol.